The van der Waals surface area contributed by atoms with Crippen LogP contribution in [0.3, 0.4) is 0 Å². The van der Waals surface area contributed by atoms with Crippen LogP contribution in [0, 0.1) is 0 Å². The van der Waals surface area contributed by atoms with Crippen LogP contribution in [-0.4, -0.2) is 30.6 Å². The summed E-state index contributed by atoms with van der Waals surface area (Å²) in [7, 11) is 1.84. The Morgan fingerprint density at radius 1 is 1.69 bits per heavy atom. The zero-order valence-corrected chi connectivity index (χ0v) is 10.4. The van der Waals surface area contributed by atoms with Crippen molar-refractivity contribution in [1.82, 2.24) is 10.3 Å². The summed E-state index contributed by atoms with van der Waals surface area (Å²) in [6.45, 7) is 0.731. The fraction of sp³-hybridized carbons (Fsp3) is 0.400. The van der Waals surface area contributed by atoms with Crippen molar-refractivity contribution in [2.75, 3.05) is 18.9 Å². The van der Waals surface area contributed by atoms with E-state index in [0.717, 1.165) is 11.0 Å². The molecule has 1 atom stereocenters. The zero-order valence-electron chi connectivity index (χ0n) is 8.79. The first-order valence-corrected chi connectivity index (χ1v) is 5.77. The molecule has 1 unspecified atom stereocenters. The summed E-state index contributed by atoms with van der Waals surface area (Å²) >= 11 is 3.31. The molecule has 1 amide bonds. The Kier molecular flexibility index (Phi) is 3.40. The lowest BCUT2D eigenvalue weighted by atomic mass is 10.2. The number of nitrogens with one attached hydrogen (secondary N) is 2. The van der Waals surface area contributed by atoms with Gasteiger partial charge in [0.1, 0.15) is 0 Å². The highest BCUT2D eigenvalue weighted by atomic mass is 79.9. The van der Waals surface area contributed by atoms with E-state index in [-0.39, 0.29) is 5.91 Å². The number of amides is 1. The molecule has 1 aromatic rings. The second-order valence-electron chi connectivity index (χ2n) is 3.49. The van der Waals surface area contributed by atoms with Crippen LogP contribution in [0.1, 0.15) is 6.42 Å². The number of hydrogen-bond donors (Lipinski definition) is 2. The number of aromatic nitrogens is 1. The first-order chi connectivity index (χ1) is 7.70. The molecule has 16 heavy (non-hydrogen) atoms. The number of nitrogens with zero attached hydrogens (tertiary/aromatic N) is 1. The Morgan fingerprint density at radius 2 is 2.50 bits per heavy atom. The Bertz CT molecular complexity index is 411. The number of halogens is 1. The van der Waals surface area contributed by atoms with Crippen LogP contribution in [0.5, 0.6) is 5.75 Å². The Hall–Kier alpha value is -1.14. The second kappa shape index (κ2) is 4.80. The van der Waals surface area contributed by atoms with Gasteiger partial charge in [-0.2, -0.15) is 0 Å². The quantitative estimate of drug-likeness (QED) is 0.875. The molecule has 0 bridgehead atoms. The van der Waals surface area contributed by atoms with Crippen molar-refractivity contribution in [3.63, 3.8) is 0 Å². The van der Waals surface area contributed by atoms with E-state index in [2.05, 4.69) is 31.5 Å². The van der Waals surface area contributed by atoms with E-state index in [1.807, 2.05) is 7.05 Å². The Balaban J connectivity index is 2.16. The average molecular weight is 286 g/mol. The highest BCUT2D eigenvalue weighted by molar-refractivity contribution is 9.10. The van der Waals surface area contributed by atoms with E-state index in [4.69, 9.17) is 4.74 Å². The molecule has 5 nitrogen and oxygen atoms in total. The molecule has 2 N–H and O–H groups in total. The van der Waals surface area contributed by atoms with Crippen LogP contribution >= 0.6 is 15.9 Å². The topological polar surface area (TPSA) is 63.2 Å². The maximum Gasteiger partial charge on any atom is 0.266 e. The maximum atomic E-state index is 11.6. The molecule has 0 fully saturated rings. The molecule has 1 aliphatic rings. The average Bonchev–Trinajstić information content (AvgIpc) is 2.27. The molecule has 6 heteroatoms. The van der Waals surface area contributed by atoms with Gasteiger partial charge in [-0.05, 0) is 35.6 Å². The third-order valence-electron chi connectivity index (χ3n) is 2.28. The number of anilines is 1. The predicted molar refractivity (Wildman–Crippen MR) is 63.5 cm³/mol. The van der Waals surface area contributed by atoms with Crippen LogP contribution in [0.4, 0.5) is 5.82 Å². The van der Waals surface area contributed by atoms with Gasteiger partial charge in [0.25, 0.3) is 5.91 Å². The number of carbonyl (C=O) groups is 1. The van der Waals surface area contributed by atoms with Crippen molar-refractivity contribution >= 4 is 27.7 Å². The Labute approximate surface area is 102 Å². The van der Waals surface area contributed by atoms with E-state index < -0.39 is 6.10 Å². The molecule has 0 aromatic carbocycles. The van der Waals surface area contributed by atoms with Crippen LogP contribution in [0.15, 0.2) is 16.7 Å². The van der Waals surface area contributed by atoms with Crippen LogP contribution in [0.25, 0.3) is 0 Å². The van der Waals surface area contributed by atoms with Gasteiger partial charge in [0.2, 0.25) is 0 Å². The first-order valence-electron chi connectivity index (χ1n) is 4.98. The van der Waals surface area contributed by atoms with E-state index >= 15 is 0 Å². The summed E-state index contributed by atoms with van der Waals surface area (Å²) < 4.78 is 6.41. The summed E-state index contributed by atoms with van der Waals surface area (Å²) in [6.07, 6.45) is 1.81. The number of hydrogen-bond acceptors (Lipinski definition) is 4. The van der Waals surface area contributed by atoms with Gasteiger partial charge in [-0.1, -0.05) is 0 Å². The molecule has 86 valence electrons. The molecular formula is C10H12BrN3O2. The number of ether oxygens (including phenoxy) is 1. The molecule has 0 spiro atoms. The lowest BCUT2D eigenvalue weighted by molar-refractivity contribution is -0.123. The number of rotatable bonds is 3. The molecule has 0 aliphatic carbocycles. The van der Waals surface area contributed by atoms with Gasteiger partial charge in [0, 0.05) is 17.1 Å². The van der Waals surface area contributed by atoms with Gasteiger partial charge < -0.3 is 15.4 Å². The molecule has 2 rings (SSSR count). The van der Waals surface area contributed by atoms with Crippen molar-refractivity contribution < 1.29 is 9.53 Å². The van der Waals surface area contributed by atoms with Gasteiger partial charge in [0.05, 0.1) is 0 Å². The number of fused-ring (bicyclic) bond motifs is 1. The molecule has 0 saturated heterocycles. The van der Waals surface area contributed by atoms with Crippen molar-refractivity contribution in [3.05, 3.63) is 16.7 Å². The van der Waals surface area contributed by atoms with Gasteiger partial charge in [-0.25, -0.2) is 4.98 Å². The zero-order chi connectivity index (χ0) is 11.5. The van der Waals surface area contributed by atoms with Crippen LogP contribution in [0.2, 0.25) is 0 Å². The fourth-order valence-corrected chi connectivity index (χ4v) is 1.78. The van der Waals surface area contributed by atoms with Crippen molar-refractivity contribution in [1.29, 1.82) is 0 Å². The van der Waals surface area contributed by atoms with Gasteiger partial charge in [0.15, 0.2) is 17.7 Å². The summed E-state index contributed by atoms with van der Waals surface area (Å²) in [5.41, 5.74) is 0. The smallest absolute Gasteiger partial charge is 0.266 e. The van der Waals surface area contributed by atoms with E-state index in [0.29, 0.717) is 18.0 Å². The molecule has 0 saturated carbocycles. The first kappa shape index (κ1) is 11.3. The normalized spacial score (nSPS) is 18.6. The van der Waals surface area contributed by atoms with Crippen molar-refractivity contribution in [2.45, 2.75) is 12.5 Å². The minimum absolute atomic E-state index is 0.141. The van der Waals surface area contributed by atoms with Gasteiger partial charge >= 0.3 is 0 Å². The summed E-state index contributed by atoms with van der Waals surface area (Å²) in [5, 5.41) is 5.71. The minimum atomic E-state index is -0.448. The lowest BCUT2D eigenvalue weighted by Gasteiger charge is -2.24. The van der Waals surface area contributed by atoms with E-state index in [1.165, 1.54) is 0 Å². The second-order valence-corrected chi connectivity index (χ2v) is 4.40. The van der Waals surface area contributed by atoms with Crippen LogP contribution < -0.4 is 15.4 Å². The SMILES string of the molecule is CNCCC1Oc2cc(Br)cnc2NC1=O. The minimum Gasteiger partial charge on any atom is -0.477 e. The molecule has 0 radical (unpaired) electrons. The number of carbonyl (C=O) groups excluding carboxylic acids is 1. The third-order valence-corrected chi connectivity index (χ3v) is 2.71. The molecular weight excluding hydrogens is 274 g/mol. The number of pyridine rings is 1. The summed E-state index contributed by atoms with van der Waals surface area (Å²) in [5.74, 6) is 0.946. The van der Waals surface area contributed by atoms with E-state index in [1.54, 1.807) is 12.3 Å². The largest absolute Gasteiger partial charge is 0.477 e. The predicted octanol–water partition coefficient (Wildman–Crippen LogP) is 1.15. The monoisotopic (exact) mass is 285 g/mol. The third kappa shape index (κ3) is 2.33. The maximum absolute atomic E-state index is 11.6. The van der Waals surface area contributed by atoms with Crippen molar-refractivity contribution in [3.8, 4) is 5.75 Å². The Morgan fingerprint density at radius 3 is 3.25 bits per heavy atom. The van der Waals surface area contributed by atoms with Crippen LogP contribution in [-0.2, 0) is 4.79 Å². The highest BCUT2D eigenvalue weighted by Crippen LogP contribution is 2.30. The van der Waals surface area contributed by atoms with Gasteiger partial charge in [-0.3, -0.25) is 4.79 Å². The highest BCUT2D eigenvalue weighted by Gasteiger charge is 2.27. The summed E-state index contributed by atoms with van der Waals surface area (Å²) in [4.78, 5) is 15.7. The summed E-state index contributed by atoms with van der Waals surface area (Å²) in [6, 6.07) is 1.80. The van der Waals surface area contributed by atoms with Gasteiger partial charge in [-0.15, -0.1) is 0 Å². The molecule has 1 aromatic heterocycles. The van der Waals surface area contributed by atoms with Crippen molar-refractivity contribution in [2.24, 2.45) is 0 Å². The standard InChI is InChI=1S/C10H12BrN3O2/c1-12-3-2-7-10(15)14-9-8(16-7)4-6(11)5-13-9/h4-5,7,12H,2-3H2,1H3,(H,13,14,15). The fourth-order valence-electron chi connectivity index (χ4n) is 1.47. The van der Waals surface area contributed by atoms with E-state index in [9.17, 15) is 4.79 Å². The lowest BCUT2D eigenvalue weighted by Crippen LogP contribution is -2.39. The molecule has 2 heterocycles. The molecule has 1 aliphatic heterocycles.